The molecule has 1 aromatic carbocycles. The molecule has 2 amide bonds. The Hall–Kier alpha value is -4.01. The molecule has 168 valence electrons. The van der Waals surface area contributed by atoms with Crippen molar-refractivity contribution in [3.05, 3.63) is 72.7 Å². The van der Waals surface area contributed by atoms with Crippen molar-refractivity contribution in [2.75, 3.05) is 36.4 Å². The Morgan fingerprint density at radius 3 is 2.55 bits per heavy atom. The highest BCUT2D eigenvalue weighted by Gasteiger charge is 2.33. The molecule has 2 aliphatic rings. The average molecular weight is 444 g/mol. The smallest absolute Gasteiger partial charge is 0.272 e. The first-order valence-electron chi connectivity index (χ1n) is 11.0. The molecule has 2 aliphatic heterocycles. The number of carbonyl (C=O) groups is 2. The summed E-state index contributed by atoms with van der Waals surface area (Å²) >= 11 is 0. The lowest BCUT2D eigenvalue weighted by molar-refractivity contribution is -0.120. The summed E-state index contributed by atoms with van der Waals surface area (Å²) < 4.78 is 6.05. The minimum Gasteiger partial charge on any atom is -0.489 e. The molecule has 5 rings (SSSR count). The number of carbonyl (C=O) groups excluding carboxylic acids is 2. The fourth-order valence-electron chi connectivity index (χ4n) is 4.01. The van der Waals surface area contributed by atoms with Gasteiger partial charge in [-0.25, -0.2) is 0 Å². The number of benzene rings is 1. The van der Waals surface area contributed by atoms with E-state index in [1.54, 1.807) is 29.4 Å². The van der Waals surface area contributed by atoms with Crippen LogP contribution in [0.4, 0.5) is 11.5 Å². The van der Waals surface area contributed by atoms with Gasteiger partial charge < -0.3 is 19.9 Å². The highest BCUT2D eigenvalue weighted by atomic mass is 16.5. The van der Waals surface area contributed by atoms with Gasteiger partial charge in [-0.3, -0.25) is 14.6 Å². The zero-order valence-electron chi connectivity index (χ0n) is 18.0. The molecule has 0 spiro atoms. The number of nitrogens with one attached hydrogen (secondary N) is 1. The van der Waals surface area contributed by atoms with Crippen LogP contribution in [0.5, 0.6) is 5.75 Å². The van der Waals surface area contributed by atoms with Gasteiger partial charge in [-0.05, 0) is 48.5 Å². The number of amides is 2. The highest BCUT2D eigenvalue weighted by Crippen LogP contribution is 2.25. The first-order valence-corrected chi connectivity index (χ1v) is 11.0. The van der Waals surface area contributed by atoms with Gasteiger partial charge in [0.2, 0.25) is 5.91 Å². The Kier molecular flexibility index (Phi) is 5.84. The summed E-state index contributed by atoms with van der Waals surface area (Å²) in [5.41, 5.74) is 1.17. The van der Waals surface area contributed by atoms with Crippen LogP contribution in [0.3, 0.4) is 0 Å². The van der Waals surface area contributed by atoms with E-state index in [0.29, 0.717) is 37.6 Å². The maximum atomic E-state index is 12.5. The van der Waals surface area contributed by atoms with Gasteiger partial charge in [0.15, 0.2) is 5.82 Å². The molecule has 9 nitrogen and oxygen atoms in total. The largest absolute Gasteiger partial charge is 0.489 e. The number of hydrogen-bond donors (Lipinski definition) is 1. The zero-order chi connectivity index (χ0) is 22.6. The van der Waals surface area contributed by atoms with Crippen LogP contribution in [0.1, 0.15) is 16.9 Å². The van der Waals surface area contributed by atoms with Crippen molar-refractivity contribution < 1.29 is 14.3 Å². The van der Waals surface area contributed by atoms with Crippen molar-refractivity contribution in [1.82, 2.24) is 20.1 Å². The summed E-state index contributed by atoms with van der Waals surface area (Å²) in [7, 11) is 0. The molecule has 1 unspecified atom stereocenters. The summed E-state index contributed by atoms with van der Waals surface area (Å²) in [4.78, 5) is 33.0. The maximum Gasteiger partial charge on any atom is 0.272 e. The fourth-order valence-corrected chi connectivity index (χ4v) is 4.01. The molecule has 0 bridgehead atoms. The summed E-state index contributed by atoms with van der Waals surface area (Å²) in [6, 6.07) is 16.4. The van der Waals surface area contributed by atoms with Gasteiger partial charge in [0.25, 0.3) is 5.91 Å². The molecule has 2 saturated heterocycles. The van der Waals surface area contributed by atoms with Gasteiger partial charge in [0.1, 0.15) is 17.5 Å². The number of rotatable bonds is 6. The average Bonchev–Trinajstić information content (AvgIpc) is 3.29. The standard InChI is InChI=1S/C24H24N6O3/c31-23(17-14-30(15-17)22-5-3-12-26-28-22)27-18-6-8-19(9-7-18)33-20-10-13-29(16-20)24(32)21-4-1-2-11-25-21/h1-9,11-12,17,20H,10,13-16H2,(H,27,31). The van der Waals surface area contributed by atoms with E-state index in [1.165, 1.54) is 0 Å². The highest BCUT2D eigenvalue weighted by molar-refractivity contribution is 5.94. The zero-order valence-corrected chi connectivity index (χ0v) is 18.0. The van der Waals surface area contributed by atoms with Gasteiger partial charge in [0, 0.05) is 44.1 Å². The van der Waals surface area contributed by atoms with E-state index in [2.05, 4.69) is 20.5 Å². The van der Waals surface area contributed by atoms with E-state index < -0.39 is 0 Å². The second kappa shape index (κ2) is 9.23. The van der Waals surface area contributed by atoms with Crippen molar-refractivity contribution in [2.24, 2.45) is 5.92 Å². The van der Waals surface area contributed by atoms with Gasteiger partial charge in [-0.2, -0.15) is 5.10 Å². The molecule has 33 heavy (non-hydrogen) atoms. The summed E-state index contributed by atoms with van der Waals surface area (Å²) in [6.07, 6.45) is 3.95. The first-order chi connectivity index (χ1) is 16.2. The number of pyridine rings is 1. The minimum atomic E-state index is -0.0796. The molecule has 4 heterocycles. The number of ether oxygens (including phenoxy) is 1. The quantitative estimate of drug-likeness (QED) is 0.622. The first kappa shape index (κ1) is 20.9. The van der Waals surface area contributed by atoms with E-state index in [-0.39, 0.29) is 23.8 Å². The lowest BCUT2D eigenvalue weighted by Crippen LogP contribution is -2.52. The lowest BCUT2D eigenvalue weighted by atomic mass is 9.99. The molecule has 2 aromatic heterocycles. The summed E-state index contributed by atoms with van der Waals surface area (Å²) in [5.74, 6) is 1.33. The van der Waals surface area contributed by atoms with Gasteiger partial charge in [-0.15, -0.1) is 5.10 Å². The molecule has 0 radical (unpaired) electrons. The normalized spacial score (nSPS) is 18.0. The molecule has 1 atom stereocenters. The van der Waals surface area contributed by atoms with Crippen LogP contribution in [-0.2, 0) is 4.79 Å². The predicted molar refractivity (Wildman–Crippen MR) is 122 cm³/mol. The van der Waals surface area contributed by atoms with Crippen LogP contribution < -0.4 is 15.0 Å². The fraction of sp³-hybridized carbons (Fsp3) is 0.292. The van der Waals surface area contributed by atoms with E-state index in [0.717, 1.165) is 17.9 Å². The molecule has 0 saturated carbocycles. The molecule has 9 heteroatoms. The Labute approximate surface area is 191 Å². The molecular formula is C24H24N6O3. The predicted octanol–water partition coefficient (Wildman–Crippen LogP) is 2.24. The Morgan fingerprint density at radius 1 is 0.970 bits per heavy atom. The third-order valence-electron chi connectivity index (χ3n) is 5.88. The van der Waals surface area contributed by atoms with Crippen molar-refractivity contribution in [2.45, 2.75) is 12.5 Å². The van der Waals surface area contributed by atoms with E-state index in [4.69, 9.17) is 4.74 Å². The maximum absolute atomic E-state index is 12.5. The monoisotopic (exact) mass is 444 g/mol. The lowest BCUT2D eigenvalue weighted by Gasteiger charge is -2.38. The van der Waals surface area contributed by atoms with Crippen molar-refractivity contribution in [3.63, 3.8) is 0 Å². The molecule has 2 fully saturated rings. The molecule has 3 aromatic rings. The Morgan fingerprint density at radius 2 is 1.82 bits per heavy atom. The van der Waals surface area contributed by atoms with Crippen molar-refractivity contribution in [1.29, 1.82) is 0 Å². The number of aromatic nitrogens is 3. The second-order valence-corrected chi connectivity index (χ2v) is 8.19. The van der Waals surface area contributed by atoms with Crippen LogP contribution in [0.25, 0.3) is 0 Å². The van der Waals surface area contributed by atoms with Crippen molar-refractivity contribution >= 4 is 23.3 Å². The summed E-state index contributed by atoms with van der Waals surface area (Å²) in [5, 5.41) is 10.9. The van der Waals surface area contributed by atoms with E-state index >= 15 is 0 Å². The van der Waals surface area contributed by atoms with E-state index in [9.17, 15) is 9.59 Å². The van der Waals surface area contributed by atoms with Gasteiger partial charge in [0.05, 0.1) is 12.5 Å². The van der Waals surface area contributed by atoms with Crippen LogP contribution in [0, 0.1) is 5.92 Å². The number of anilines is 2. The second-order valence-electron chi connectivity index (χ2n) is 8.19. The van der Waals surface area contributed by atoms with Crippen molar-refractivity contribution in [3.8, 4) is 5.75 Å². The Bertz CT molecular complexity index is 1100. The van der Waals surface area contributed by atoms with Crippen LogP contribution in [0.15, 0.2) is 67.0 Å². The number of hydrogen-bond acceptors (Lipinski definition) is 7. The summed E-state index contributed by atoms with van der Waals surface area (Å²) in [6.45, 7) is 2.42. The minimum absolute atomic E-state index is 0.0109. The number of likely N-dealkylation sites (tertiary alicyclic amines) is 1. The third kappa shape index (κ3) is 4.77. The molecular weight excluding hydrogens is 420 g/mol. The van der Waals surface area contributed by atoms with Gasteiger partial charge >= 0.3 is 0 Å². The van der Waals surface area contributed by atoms with Crippen LogP contribution in [-0.4, -0.2) is 64.2 Å². The van der Waals surface area contributed by atoms with Crippen LogP contribution in [0.2, 0.25) is 0 Å². The third-order valence-corrected chi connectivity index (χ3v) is 5.88. The molecule has 1 N–H and O–H groups in total. The topological polar surface area (TPSA) is 101 Å². The Balaban J connectivity index is 1.09. The van der Waals surface area contributed by atoms with Crippen LogP contribution >= 0.6 is 0 Å². The van der Waals surface area contributed by atoms with E-state index in [1.807, 2.05) is 47.4 Å². The SMILES string of the molecule is O=C(Nc1ccc(OC2CCN(C(=O)c3ccccn3)C2)cc1)C1CN(c2cccnn2)C1. The number of nitrogens with zero attached hydrogens (tertiary/aromatic N) is 5. The molecule has 0 aliphatic carbocycles. The van der Waals surface area contributed by atoms with Gasteiger partial charge in [-0.1, -0.05) is 6.07 Å².